The predicted molar refractivity (Wildman–Crippen MR) is 89.9 cm³/mol. The van der Waals surface area contributed by atoms with Gasteiger partial charge < -0.3 is 19.9 Å². The topological polar surface area (TPSA) is 61.9 Å². The molecule has 1 unspecified atom stereocenters. The number of carbonyl (C=O) groups excluding carboxylic acids is 2. The van der Waals surface area contributed by atoms with Crippen LogP contribution in [0.5, 0.6) is 5.75 Å². The van der Waals surface area contributed by atoms with Gasteiger partial charge in [0.1, 0.15) is 11.8 Å². The van der Waals surface area contributed by atoms with Crippen LogP contribution in [-0.4, -0.2) is 62.5 Å². The molecule has 0 aliphatic carbocycles. The van der Waals surface area contributed by atoms with Gasteiger partial charge in [-0.3, -0.25) is 9.59 Å². The number of hydrogen-bond acceptors (Lipinski definition) is 4. The third-order valence-corrected chi connectivity index (χ3v) is 3.84. The summed E-state index contributed by atoms with van der Waals surface area (Å²) in [5.74, 6) is -4.00. The lowest BCUT2D eigenvalue weighted by atomic mass is 10.2. The van der Waals surface area contributed by atoms with Crippen molar-refractivity contribution in [1.82, 2.24) is 10.2 Å². The SMILES string of the molecule is C=CC(=O)N1CC(NC(=O)COc2cccc(N(C)C)c2)C(F)(F)C1. The number of nitrogens with zero attached hydrogens (tertiary/aromatic N) is 2. The molecule has 8 heteroatoms. The van der Waals surface area contributed by atoms with Crippen molar-refractivity contribution in [2.45, 2.75) is 12.0 Å². The number of benzene rings is 1. The maximum absolute atomic E-state index is 13.9. The van der Waals surface area contributed by atoms with Gasteiger partial charge in [-0.25, -0.2) is 8.78 Å². The standard InChI is InChI=1S/C17H21F2N3O3/c1-4-16(24)22-9-14(17(18,19)11-22)20-15(23)10-25-13-7-5-6-12(8-13)21(2)3/h4-8,14H,1,9-11H2,2-3H3,(H,20,23). The van der Waals surface area contributed by atoms with E-state index in [1.165, 1.54) is 0 Å². The van der Waals surface area contributed by atoms with Gasteiger partial charge >= 0.3 is 0 Å². The summed E-state index contributed by atoms with van der Waals surface area (Å²) in [6.07, 6.45) is 0.973. The Kier molecular flexibility index (Phi) is 5.61. The smallest absolute Gasteiger partial charge is 0.286 e. The molecule has 0 spiro atoms. The minimum absolute atomic E-state index is 0.264. The maximum atomic E-state index is 13.9. The number of likely N-dealkylation sites (tertiary alicyclic amines) is 1. The molecule has 0 saturated carbocycles. The fourth-order valence-corrected chi connectivity index (χ4v) is 2.47. The molecule has 1 fully saturated rings. The average Bonchev–Trinajstić information content (AvgIpc) is 2.87. The van der Waals surface area contributed by atoms with Crippen LogP contribution in [0.25, 0.3) is 0 Å². The second kappa shape index (κ2) is 7.50. The first-order valence-electron chi connectivity index (χ1n) is 7.71. The second-order valence-electron chi connectivity index (χ2n) is 5.98. The van der Waals surface area contributed by atoms with Crippen molar-refractivity contribution in [2.75, 3.05) is 38.7 Å². The van der Waals surface area contributed by atoms with Crippen LogP contribution in [0.3, 0.4) is 0 Å². The molecular weight excluding hydrogens is 332 g/mol. The summed E-state index contributed by atoms with van der Waals surface area (Å²) >= 11 is 0. The van der Waals surface area contributed by atoms with Gasteiger partial charge in [-0.2, -0.15) is 0 Å². The normalized spacial score (nSPS) is 18.6. The zero-order valence-corrected chi connectivity index (χ0v) is 14.2. The van der Waals surface area contributed by atoms with Gasteiger partial charge in [0, 0.05) is 32.4 Å². The van der Waals surface area contributed by atoms with Crippen LogP contribution < -0.4 is 15.0 Å². The summed E-state index contributed by atoms with van der Waals surface area (Å²) in [6, 6.07) is 5.61. The summed E-state index contributed by atoms with van der Waals surface area (Å²) in [5.41, 5.74) is 0.888. The van der Waals surface area contributed by atoms with Crippen LogP contribution in [0.1, 0.15) is 0 Å². The van der Waals surface area contributed by atoms with Gasteiger partial charge in [0.15, 0.2) is 6.61 Å². The van der Waals surface area contributed by atoms with Crippen molar-refractivity contribution in [3.8, 4) is 5.75 Å². The molecule has 6 nitrogen and oxygen atoms in total. The predicted octanol–water partition coefficient (Wildman–Crippen LogP) is 1.28. The number of anilines is 1. The molecule has 1 aromatic carbocycles. The zero-order chi connectivity index (χ0) is 18.6. The monoisotopic (exact) mass is 353 g/mol. The molecule has 1 saturated heterocycles. The number of amides is 2. The van der Waals surface area contributed by atoms with E-state index in [0.29, 0.717) is 5.75 Å². The van der Waals surface area contributed by atoms with Crippen molar-refractivity contribution >= 4 is 17.5 Å². The molecular formula is C17H21F2N3O3. The van der Waals surface area contributed by atoms with Crippen LogP contribution in [0.4, 0.5) is 14.5 Å². The Morgan fingerprint density at radius 2 is 2.20 bits per heavy atom. The third kappa shape index (κ3) is 4.68. The highest BCUT2D eigenvalue weighted by Gasteiger charge is 2.49. The van der Waals surface area contributed by atoms with E-state index in [2.05, 4.69) is 11.9 Å². The van der Waals surface area contributed by atoms with Crippen molar-refractivity contribution in [1.29, 1.82) is 0 Å². The average molecular weight is 353 g/mol. The number of hydrogen-bond donors (Lipinski definition) is 1. The highest BCUT2D eigenvalue weighted by molar-refractivity contribution is 5.87. The summed E-state index contributed by atoms with van der Waals surface area (Å²) in [6.45, 7) is 1.88. The molecule has 1 aliphatic rings. The molecule has 1 aromatic rings. The first kappa shape index (κ1) is 18.7. The molecule has 25 heavy (non-hydrogen) atoms. The van der Waals surface area contributed by atoms with Gasteiger partial charge in [-0.1, -0.05) is 12.6 Å². The Bertz CT molecular complexity index is 664. The van der Waals surface area contributed by atoms with E-state index < -0.39 is 36.9 Å². The molecule has 1 atom stereocenters. The molecule has 1 N–H and O–H groups in total. The lowest BCUT2D eigenvalue weighted by Gasteiger charge is -2.19. The van der Waals surface area contributed by atoms with Crippen LogP contribution in [0.2, 0.25) is 0 Å². The number of rotatable bonds is 6. The van der Waals surface area contributed by atoms with Crippen molar-refractivity contribution in [3.05, 3.63) is 36.9 Å². The van der Waals surface area contributed by atoms with E-state index in [9.17, 15) is 18.4 Å². The van der Waals surface area contributed by atoms with Crippen LogP contribution >= 0.6 is 0 Å². The largest absolute Gasteiger partial charge is 0.484 e. The first-order valence-corrected chi connectivity index (χ1v) is 7.71. The third-order valence-electron chi connectivity index (χ3n) is 3.84. The quantitative estimate of drug-likeness (QED) is 0.783. The minimum Gasteiger partial charge on any atom is -0.484 e. The number of ether oxygens (including phenoxy) is 1. The van der Waals surface area contributed by atoms with E-state index in [1.807, 2.05) is 25.1 Å². The van der Waals surface area contributed by atoms with E-state index in [0.717, 1.165) is 16.7 Å². The Labute approximate surface area is 145 Å². The molecule has 0 bridgehead atoms. The first-order chi connectivity index (χ1) is 11.7. The molecule has 2 rings (SSSR count). The fourth-order valence-electron chi connectivity index (χ4n) is 2.47. The Morgan fingerprint density at radius 1 is 1.48 bits per heavy atom. The van der Waals surface area contributed by atoms with Gasteiger partial charge in [0.05, 0.1) is 6.54 Å². The molecule has 1 aliphatic heterocycles. The van der Waals surface area contributed by atoms with Crippen LogP contribution in [0, 0.1) is 0 Å². The van der Waals surface area contributed by atoms with Gasteiger partial charge in [-0.15, -0.1) is 0 Å². The van der Waals surface area contributed by atoms with Crippen molar-refractivity contribution in [3.63, 3.8) is 0 Å². The van der Waals surface area contributed by atoms with Crippen molar-refractivity contribution < 1.29 is 23.1 Å². The second-order valence-corrected chi connectivity index (χ2v) is 5.98. The van der Waals surface area contributed by atoms with Gasteiger partial charge in [0.2, 0.25) is 5.91 Å². The van der Waals surface area contributed by atoms with Crippen LogP contribution in [-0.2, 0) is 9.59 Å². The van der Waals surface area contributed by atoms with E-state index in [1.54, 1.807) is 18.2 Å². The van der Waals surface area contributed by atoms with Gasteiger partial charge in [-0.05, 0) is 18.2 Å². The molecule has 136 valence electrons. The maximum Gasteiger partial charge on any atom is 0.286 e. The van der Waals surface area contributed by atoms with E-state index in [-0.39, 0.29) is 6.54 Å². The molecule has 0 radical (unpaired) electrons. The molecule has 1 heterocycles. The zero-order valence-electron chi connectivity index (χ0n) is 14.2. The number of nitrogens with one attached hydrogen (secondary N) is 1. The summed E-state index contributed by atoms with van der Waals surface area (Å²) in [4.78, 5) is 26.2. The molecule has 2 amide bonds. The summed E-state index contributed by atoms with van der Waals surface area (Å²) < 4.78 is 33.2. The summed E-state index contributed by atoms with van der Waals surface area (Å²) in [7, 11) is 3.73. The highest BCUT2D eigenvalue weighted by Crippen LogP contribution is 2.28. The molecule has 0 aromatic heterocycles. The number of halogens is 2. The number of alkyl halides is 2. The Hall–Kier alpha value is -2.64. The van der Waals surface area contributed by atoms with Crippen LogP contribution in [0.15, 0.2) is 36.9 Å². The lowest BCUT2D eigenvalue weighted by molar-refractivity contribution is -0.126. The fraction of sp³-hybridized carbons (Fsp3) is 0.412. The van der Waals surface area contributed by atoms with E-state index >= 15 is 0 Å². The summed E-state index contributed by atoms with van der Waals surface area (Å²) in [5, 5.41) is 2.23. The number of carbonyl (C=O) groups is 2. The Balaban J connectivity index is 1.91. The Morgan fingerprint density at radius 3 is 2.84 bits per heavy atom. The highest BCUT2D eigenvalue weighted by atomic mass is 19.3. The lowest BCUT2D eigenvalue weighted by Crippen LogP contribution is -2.48. The van der Waals surface area contributed by atoms with Gasteiger partial charge in [0.25, 0.3) is 11.8 Å². The van der Waals surface area contributed by atoms with Crippen molar-refractivity contribution in [2.24, 2.45) is 0 Å². The minimum atomic E-state index is -3.20. The van der Waals surface area contributed by atoms with E-state index in [4.69, 9.17) is 4.74 Å².